The Kier molecular flexibility index (Phi) is 11.0. The molecule has 0 saturated carbocycles. The van der Waals surface area contributed by atoms with Crippen LogP contribution in [-0.2, 0) is 12.8 Å². The van der Waals surface area contributed by atoms with E-state index in [1.54, 1.807) is 12.1 Å². The van der Waals surface area contributed by atoms with Gasteiger partial charge in [0.1, 0.15) is 0 Å². The summed E-state index contributed by atoms with van der Waals surface area (Å²) in [5.74, 6) is 1.45. The number of non-ortho nitro benzene ring substituents is 1. The van der Waals surface area contributed by atoms with Crippen LogP contribution in [0, 0.1) is 10.1 Å². The topological polar surface area (TPSA) is 54.4 Å². The van der Waals surface area contributed by atoms with E-state index in [9.17, 15) is 27.4 Å². The molecule has 0 atom stereocenters. The number of hydrogen-bond donors (Lipinski definition) is 0. The third kappa shape index (κ3) is 9.63. The minimum absolute atomic E-state index is 0.0652. The molecule has 0 fully saturated rings. The normalized spacial score (nSPS) is 11.1. The maximum absolute atomic E-state index is 11.1. The quantitative estimate of drug-likeness (QED) is 0.0646. The predicted octanol–water partition coefficient (Wildman–Crippen LogP) is 10.5. The standard InChI is InChI=1S/C31H32NO3.BF4/c1-3-5-7-23-9-13-25(14-10-23)28-21-30(26-15-11-24(12-16-26)8-6-4-2)35-31(22-28)27-17-19-29(20-18-27)32(33)34;2-1(3,4)5/h9-22H,3-8H2,1-2H3;/q+1;-1. The number of unbranched alkanes of at least 4 members (excludes halogenated alkanes) is 2. The van der Waals surface area contributed by atoms with Gasteiger partial charge in [-0.05, 0) is 66.6 Å². The highest BCUT2D eigenvalue weighted by Gasteiger charge is 2.22. The Morgan fingerprint density at radius 2 is 1.02 bits per heavy atom. The van der Waals surface area contributed by atoms with Crippen molar-refractivity contribution in [3.63, 3.8) is 0 Å². The maximum Gasteiger partial charge on any atom is 0.673 e. The van der Waals surface area contributed by atoms with Gasteiger partial charge in [-0.1, -0.05) is 63.1 Å². The van der Waals surface area contributed by atoms with Crippen LogP contribution in [0.4, 0.5) is 23.0 Å². The van der Waals surface area contributed by atoms with Crippen LogP contribution in [0.2, 0.25) is 0 Å². The lowest BCUT2D eigenvalue weighted by Gasteiger charge is -2.05. The smallest absolute Gasteiger partial charge is 0.418 e. The average Bonchev–Trinajstić information content (AvgIpc) is 2.94. The molecule has 40 heavy (non-hydrogen) atoms. The van der Waals surface area contributed by atoms with Crippen LogP contribution in [0.5, 0.6) is 0 Å². The number of hydrogen-bond acceptors (Lipinski definition) is 2. The molecule has 4 rings (SSSR count). The number of nitrogens with zero attached hydrogens (tertiary/aromatic N) is 1. The fourth-order valence-electron chi connectivity index (χ4n) is 4.16. The van der Waals surface area contributed by atoms with Gasteiger partial charge in [0.25, 0.3) is 5.69 Å². The number of halogens is 4. The molecule has 0 bridgehead atoms. The summed E-state index contributed by atoms with van der Waals surface area (Å²) in [7, 11) is -6.00. The summed E-state index contributed by atoms with van der Waals surface area (Å²) in [5, 5.41) is 11.1. The molecule has 4 nitrogen and oxygen atoms in total. The molecule has 0 aliphatic heterocycles. The third-order valence-electron chi connectivity index (χ3n) is 6.32. The van der Waals surface area contributed by atoms with E-state index in [1.807, 2.05) is 6.07 Å². The first-order valence-corrected chi connectivity index (χ1v) is 13.4. The van der Waals surface area contributed by atoms with Gasteiger partial charge in [0.2, 0.25) is 0 Å². The van der Waals surface area contributed by atoms with Gasteiger partial charge in [0, 0.05) is 17.7 Å². The predicted molar refractivity (Wildman–Crippen MR) is 153 cm³/mol. The fourth-order valence-corrected chi connectivity index (χ4v) is 4.16. The van der Waals surface area contributed by atoms with Gasteiger partial charge < -0.3 is 17.3 Å². The van der Waals surface area contributed by atoms with Gasteiger partial charge in [0.15, 0.2) is 0 Å². The summed E-state index contributed by atoms with van der Waals surface area (Å²) in [4.78, 5) is 10.7. The van der Waals surface area contributed by atoms with Crippen LogP contribution < -0.4 is 0 Å². The highest BCUT2D eigenvalue weighted by molar-refractivity contribution is 6.50. The highest BCUT2D eigenvalue weighted by Crippen LogP contribution is 2.34. The molecule has 4 aromatic rings. The molecule has 0 N–H and O–H groups in total. The third-order valence-corrected chi connectivity index (χ3v) is 6.32. The van der Waals surface area contributed by atoms with Crippen LogP contribution in [0.15, 0.2) is 89.3 Å². The van der Waals surface area contributed by atoms with E-state index in [0.29, 0.717) is 5.76 Å². The Morgan fingerprint density at radius 1 is 0.650 bits per heavy atom. The zero-order valence-electron chi connectivity index (χ0n) is 22.6. The monoisotopic (exact) mass is 553 g/mol. The van der Waals surface area contributed by atoms with Gasteiger partial charge in [0.05, 0.1) is 28.2 Å². The van der Waals surface area contributed by atoms with Gasteiger partial charge in [-0.15, -0.1) is 0 Å². The lowest BCUT2D eigenvalue weighted by Crippen LogP contribution is -2.02. The van der Waals surface area contributed by atoms with Crippen molar-refractivity contribution in [1.29, 1.82) is 0 Å². The minimum Gasteiger partial charge on any atom is -0.418 e. The molecule has 0 saturated heterocycles. The summed E-state index contributed by atoms with van der Waals surface area (Å²) >= 11 is 0. The number of benzene rings is 3. The molecule has 0 unspecified atom stereocenters. The Labute approximate surface area is 232 Å². The molecule has 1 heterocycles. The van der Waals surface area contributed by atoms with E-state index >= 15 is 0 Å². The van der Waals surface area contributed by atoms with Crippen LogP contribution in [0.1, 0.15) is 50.7 Å². The first-order chi connectivity index (χ1) is 19.1. The second kappa shape index (κ2) is 14.4. The molecular formula is C31H32BF4NO3. The number of nitro groups is 1. The molecule has 0 spiro atoms. The Morgan fingerprint density at radius 3 is 1.40 bits per heavy atom. The molecule has 0 amide bonds. The summed E-state index contributed by atoms with van der Waals surface area (Å²) in [6, 6.07) is 27.9. The Bertz CT molecular complexity index is 1300. The minimum atomic E-state index is -6.00. The molecule has 210 valence electrons. The van der Waals surface area contributed by atoms with Gasteiger partial charge in [-0.2, -0.15) is 0 Å². The second-order valence-electron chi connectivity index (χ2n) is 9.47. The zero-order valence-corrected chi connectivity index (χ0v) is 22.6. The Hall–Kier alpha value is -4.01. The molecule has 0 aliphatic rings. The van der Waals surface area contributed by atoms with Gasteiger partial charge >= 0.3 is 18.8 Å². The van der Waals surface area contributed by atoms with E-state index < -0.39 is 7.25 Å². The molecule has 9 heteroatoms. The van der Waals surface area contributed by atoms with Crippen molar-refractivity contribution in [3.05, 3.63) is 106 Å². The van der Waals surface area contributed by atoms with Crippen molar-refractivity contribution >= 4 is 12.9 Å². The van der Waals surface area contributed by atoms with Crippen molar-refractivity contribution in [2.24, 2.45) is 0 Å². The lowest BCUT2D eigenvalue weighted by molar-refractivity contribution is -0.384. The van der Waals surface area contributed by atoms with Crippen molar-refractivity contribution in [2.75, 3.05) is 0 Å². The van der Waals surface area contributed by atoms with Crippen molar-refractivity contribution in [3.8, 4) is 33.8 Å². The number of aryl methyl sites for hydroxylation is 2. The van der Waals surface area contributed by atoms with Gasteiger partial charge in [-0.3, -0.25) is 10.1 Å². The van der Waals surface area contributed by atoms with E-state index in [0.717, 1.165) is 40.9 Å². The van der Waals surface area contributed by atoms with Crippen molar-refractivity contribution in [2.45, 2.75) is 52.4 Å². The largest absolute Gasteiger partial charge is 0.673 e. The van der Waals surface area contributed by atoms with E-state index in [1.165, 1.54) is 48.9 Å². The van der Waals surface area contributed by atoms with Crippen LogP contribution >= 0.6 is 0 Å². The first-order valence-electron chi connectivity index (χ1n) is 13.4. The zero-order chi connectivity index (χ0) is 29.1. The lowest BCUT2D eigenvalue weighted by atomic mass is 9.99. The fraction of sp³-hybridized carbons (Fsp3) is 0.258. The molecular weight excluding hydrogens is 521 g/mol. The summed E-state index contributed by atoms with van der Waals surface area (Å²) in [6.45, 7) is 4.41. The highest BCUT2D eigenvalue weighted by atomic mass is 19.5. The Balaban J connectivity index is 0.000000810. The summed E-state index contributed by atoms with van der Waals surface area (Å²) < 4.78 is 45.3. The SMILES string of the molecule is CCCCc1ccc(-c2cc(-c3ccc(CCCC)cc3)[o+]c(-c3ccc([N+](=O)[O-])cc3)c2)cc1.F[B-](F)(F)F. The van der Waals surface area contributed by atoms with E-state index in [2.05, 4.69) is 68.4 Å². The molecule has 3 aromatic carbocycles. The van der Waals surface area contributed by atoms with Crippen LogP contribution in [0.25, 0.3) is 33.8 Å². The summed E-state index contributed by atoms with van der Waals surface area (Å²) in [5.41, 5.74) is 6.71. The number of rotatable bonds is 10. The summed E-state index contributed by atoms with van der Waals surface area (Å²) in [6.07, 6.45) is 6.89. The van der Waals surface area contributed by atoms with E-state index in [4.69, 9.17) is 4.42 Å². The second-order valence-corrected chi connectivity index (χ2v) is 9.47. The van der Waals surface area contributed by atoms with Crippen LogP contribution in [-0.4, -0.2) is 12.2 Å². The van der Waals surface area contributed by atoms with Crippen molar-refractivity contribution in [1.82, 2.24) is 0 Å². The number of nitro benzene ring substituents is 1. The van der Waals surface area contributed by atoms with Crippen LogP contribution in [0.3, 0.4) is 0 Å². The maximum atomic E-state index is 11.1. The van der Waals surface area contributed by atoms with E-state index in [-0.39, 0.29) is 10.6 Å². The van der Waals surface area contributed by atoms with Crippen molar-refractivity contribution < 1.29 is 26.6 Å². The molecule has 0 radical (unpaired) electrons. The average molecular weight is 553 g/mol. The molecule has 1 aromatic heterocycles. The van der Waals surface area contributed by atoms with Gasteiger partial charge in [-0.25, -0.2) is 4.42 Å². The first kappa shape index (κ1) is 30.5. The molecule has 0 aliphatic carbocycles.